The highest BCUT2D eigenvalue weighted by molar-refractivity contribution is 6.25. The largest absolute Gasteiger partial charge is 0.355 e. The first-order chi connectivity index (χ1) is 8.55. The number of carbonyl (C=O) groups is 1. The van der Waals surface area contributed by atoms with Gasteiger partial charge in [0.1, 0.15) is 0 Å². The molecule has 1 spiro atoms. The smallest absolute Gasteiger partial charge is 0.229 e. The fraction of sp³-hybridized carbons (Fsp3) is 0.533. The quantitative estimate of drug-likeness (QED) is 0.715. The molecule has 2 nitrogen and oxygen atoms in total. The van der Waals surface area contributed by atoms with Crippen LogP contribution in [0.15, 0.2) is 24.3 Å². The molecule has 3 aliphatic rings. The van der Waals surface area contributed by atoms with E-state index < -0.39 is 0 Å². The third kappa shape index (κ3) is 0.842. The zero-order valence-corrected chi connectivity index (χ0v) is 11.3. The molecule has 5 unspecified atom stereocenters. The molecule has 0 radical (unpaired) electrons. The van der Waals surface area contributed by atoms with Crippen molar-refractivity contribution < 1.29 is 4.79 Å². The fourth-order valence-corrected chi connectivity index (χ4v) is 5.30. The first-order valence-corrected chi connectivity index (χ1v) is 7.00. The summed E-state index contributed by atoms with van der Waals surface area (Å²) in [5.41, 5.74) is 2.33. The van der Waals surface area contributed by atoms with Crippen LogP contribution in [0.4, 0.5) is 0 Å². The number of nitrogens with one attached hydrogen (secondary N) is 1. The van der Waals surface area contributed by atoms with Gasteiger partial charge in [-0.1, -0.05) is 38.1 Å². The minimum absolute atomic E-state index is 0.0113. The number of benzene rings is 1. The summed E-state index contributed by atoms with van der Waals surface area (Å²) in [6.07, 6.45) is 0. The number of rotatable bonds is 0. The van der Waals surface area contributed by atoms with Crippen LogP contribution in [-0.4, -0.2) is 17.8 Å². The summed E-state index contributed by atoms with van der Waals surface area (Å²) in [5.74, 6) is 0.717. The molecule has 3 heteroatoms. The summed E-state index contributed by atoms with van der Waals surface area (Å²) in [5, 5.41) is 2.92. The Balaban J connectivity index is 1.98. The normalized spacial score (nSPS) is 47.9. The minimum atomic E-state index is -0.359. The molecular weight excluding hydrogens is 246 g/mol. The van der Waals surface area contributed by atoms with Crippen molar-refractivity contribution in [2.45, 2.75) is 31.1 Å². The van der Waals surface area contributed by atoms with Gasteiger partial charge >= 0.3 is 0 Å². The van der Waals surface area contributed by atoms with Crippen molar-refractivity contribution in [3.63, 3.8) is 0 Å². The lowest BCUT2D eigenvalue weighted by Crippen LogP contribution is -2.38. The van der Waals surface area contributed by atoms with Crippen molar-refractivity contribution in [1.29, 1.82) is 0 Å². The number of piperidine rings is 1. The van der Waals surface area contributed by atoms with E-state index in [1.165, 1.54) is 11.1 Å². The van der Waals surface area contributed by atoms with E-state index in [9.17, 15) is 4.79 Å². The number of hydrogen-bond donors (Lipinski definition) is 1. The molecule has 1 aromatic carbocycles. The number of hydrogen-bond acceptors (Lipinski definition) is 1. The summed E-state index contributed by atoms with van der Waals surface area (Å²) in [6, 6.07) is 8.48. The van der Waals surface area contributed by atoms with Crippen LogP contribution in [0, 0.1) is 10.8 Å². The average Bonchev–Trinajstić information content (AvgIpc) is 2.85. The molecule has 1 heterocycles. The Hall–Kier alpha value is -1.02. The Kier molecular flexibility index (Phi) is 1.77. The Morgan fingerprint density at radius 3 is 2.72 bits per heavy atom. The average molecular weight is 262 g/mol. The van der Waals surface area contributed by atoms with Gasteiger partial charge in [0.25, 0.3) is 0 Å². The van der Waals surface area contributed by atoms with Crippen LogP contribution < -0.4 is 5.32 Å². The molecule has 1 saturated heterocycles. The number of carbonyl (C=O) groups excluding carboxylic acids is 1. The third-order valence-electron chi connectivity index (χ3n) is 5.62. The maximum absolute atomic E-state index is 12.3. The van der Waals surface area contributed by atoms with E-state index in [2.05, 4.69) is 43.4 Å². The van der Waals surface area contributed by atoms with E-state index >= 15 is 0 Å². The molecule has 1 saturated carbocycles. The summed E-state index contributed by atoms with van der Waals surface area (Å²) < 4.78 is 0. The highest BCUT2D eigenvalue weighted by atomic mass is 35.5. The Morgan fingerprint density at radius 2 is 2.00 bits per heavy atom. The predicted molar refractivity (Wildman–Crippen MR) is 70.8 cm³/mol. The molecule has 1 N–H and O–H groups in total. The van der Waals surface area contributed by atoms with Gasteiger partial charge < -0.3 is 5.32 Å². The Labute approximate surface area is 112 Å². The zero-order valence-electron chi connectivity index (χ0n) is 10.5. The molecular formula is C15H16ClNO. The number of alkyl halides is 1. The lowest BCUT2D eigenvalue weighted by atomic mass is 9.76. The molecule has 2 fully saturated rings. The minimum Gasteiger partial charge on any atom is -0.355 e. The lowest BCUT2D eigenvalue weighted by molar-refractivity contribution is -0.125. The molecule has 1 aromatic rings. The van der Waals surface area contributed by atoms with E-state index in [1.54, 1.807) is 0 Å². The van der Waals surface area contributed by atoms with Crippen LogP contribution in [0.25, 0.3) is 0 Å². The van der Waals surface area contributed by atoms with Gasteiger partial charge in [-0.15, -0.1) is 11.6 Å². The Bertz CT molecular complexity index is 571. The van der Waals surface area contributed by atoms with E-state index in [-0.39, 0.29) is 28.0 Å². The van der Waals surface area contributed by atoms with Crippen molar-refractivity contribution in [2.75, 3.05) is 6.54 Å². The lowest BCUT2D eigenvalue weighted by Gasteiger charge is -2.32. The van der Waals surface area contributed by atoms with Gasteiger partial charge in [0.15, 0.2) is 0 Å². The molecule has 18 heavy (non-hydrogen) atoms. The highest BCUT2D eigenvalue weighted by Crippen LogP contribution is 2.82. The molecule has 0 bridgehead atoms. The van der Waals surface area contributed by atoms with Crippen LogP contribution >= 0.6 is 11.6 Å². The monoisotopic (exact) mass is 261 g/mol. The number of fused-ring (bicyclic) bond motifs is 3. The fourth-order valence-electron chi connectivity index (χ4n) is 4.69. The first kappa shape index (κ1) is 10.9. The second-order valence-corrected chi connectivity index (χ2v) is 6.69. The van der Waals surface area contributed by atoms with Gasteiger partial charge in [-0.3, -0.25) is 4.79 Å². The van der Waals surface area contributed by atoms with Crippen LogP contribution in [0.3, 0.4) is 0 Å². The number of amides is 1. The van der Waals surface area contributed by atoms with E-state index in [0.29, 0.717) is 5.92 Å². The number of halogens is 1. The van der Waals surface area contributed by atoms with Crippen LogP contribution in [0.5, 0.6) is 0 Å². The van der Waals surface area contributed by atoms with Crippen LogP contribution in [0.2, 0.25) is 0 Å². The Morgan fingerprint density at radius 1 is 1.33 bits per heavy atom. The SMILES string of the molecule is CC1c2ccccc2C2C3(C)CNC(=O)C23C1Cl. The van der Waals surface area contributed by atoms with E-state index in [1.807, 2.05) is 0 Å². The molecule has 0 aromatic heterocycles. The van der Waals surface area contributed by atoms with Gasteiger partial charge in [0.2, 0.25) is 5.91 Å². The molecule has 2 aliphatic carbocycles. The topological polar surface area (TPSA) is 29.1 Å². The predicted octanol–water partition coefficient (Wildman–Crippen LogP) is 2.63. The summed E-state index contributed by atoms with van der Waals surface area (Å²) >= 11 is 6.70. The molecule has 4 rings (SSSR count). The van der Waals surface area contributed by atoms with Gasteiger partial charge in [-0.05, 0) is 17.0 Å². The van der Waals surface area contributed by atoms with Crippen molar-refractivity contribution in [2.24, 2.45) is 10.8 Å². The van der Waals surface area contributed by atoms with E-state index in [4.69, 9.17) is 11.6 Å². The van der Waals surface area contributed by atoms with Crippen molar-refractivity contribution in [3.8, 4) is 0 Å². The summed E-state index contributed by atoms with van der Waals surface area (Å²) in [4.78, 5) is 12.3. The van der Waals surface area contributed by atoms with Gasteiger partial charge in [-0.2, -0.15) is 0 Å². The van der Waals surface area contributed by atoms with Crippen molar-refractivity contribution in [1.82, 2.24) is 5.32 Å². The summed E-state index contributed by atoms with van der Waals surface area (Å²) in [6.45, 7) is 5.12. The van der Waals surface area contributed by atoms with Crippen molar-refractivity contribution >= 4 is 17.5 Å². The van der Waals surface area contributed by atoms with Crippen molar-refractivity contribution in [3.05, 3.63) is 35.4 Å². The molecule has 5 atom stereocenters. The second-order valence-electron chi connectivity index (χ2n) is 6.22. The van der Waals surface area contributed by atoms with Gasteiger partial charge in [0.05, 0.1) is 10.8 Å². The van der Waals surface area contributed by atoms with E-state index in [0.717, 1.165) is 6.54 Å². The first-order valence-electron chi connectivity index (χ1n) is 6.56. The molecule has 1 amide bonds. The standard InChI is InChI=1S/C15H16ClNO/c1-8-9-5-3-4-6-10(9)11-14(2)7-17-13(18)15(11,14)12(8)16/h3-6,8,11-12H,7H2,1-2H3,(H,17,18). The third-order valence-corrected chi connectivity index (χ3v) is 6.34. The van der Waals surface area contributed by atoms with Crippen LogP contribution in [0.1, 0.15) is 36.8 Å². The highest BCUT2D eigenvalue weighted by Gasteiger charge is 2.85. The molecule has 94 valence electrons. The second kappa shape index (κ2) is 2.93. The maximum atomic E-state index is 12.3. The zero-order chi connectivity index (χ0) is 12.7. The maximum Gasteiger partial charge on any atom is 0.229 e. The molecule has 1 aliphatic heterocycles. The summed E-state index contributed by atoms with van der Waals surface area (Å²) in [7, 11) is 0. The van der Waals surface area contributed by atoms with Crippen LogP contribution in [-0.2, 0) is 4.79 Å². The van der Waals surface area contributed by atoms with Gasteiger partial charge in [0, 0.05) is 17.9 Å². The van der Waals surface area contributed by atoms with Gasteiger partial charge in [-0.25, -0.2) is 0 Å².